The van der Waals surface area contributed by atoms with Crippen molar-refractivity contribution in [2.75, 3.05) is 30.8 Å². The number of hydrogen-bond acceptors (Lipinski definition) is 4. The van der Waals surface area contributed by atoms with Gasteiger partial charge < -0.3 is 9.64 Å². The molecule has 0 N–H and O–H groups in total. The molecule has 0 heterocycles. The van der Waals surface area contributed by atoms with Crippen molar-refractivity contribution in [2.24, 2.45) is 0 Å². The Hall–Kier alpha value is -1.76. The molecule has 1 amide bonds. The van der Waals surface area contributed by atoms with E-state index in [9.17, 15) is 13.2 Å². The molecule has 24 heavy (non-hydrogen) atoms. The van der Waals surface area contributed by atoms with Gasteiger partial charge in [-0.25, -0.2) is 8.42 Å². The number of sulfonamides is 1. The van der Waals surface area contributed by atoms with E-state index in [1.54, 1.807) is 36.2 Å². The zero-order chi connectivity index (χ0) is 17.7. The van der Waals surface area contributed by atoms with E-state index in [0.29, 0.717) is 18.0 Å². The SMILES string of the molecule is CCOc1ccccc1N(CC(=O)N(C)C1CCCC1)S(C)(=O)=O. The lowest BCUT2D eigenvalue weighted by Crippen LogP contribution is -2.44. The molecule has 1 aliphatic carbocycles. The van der Waals surface area contributed by atoms with Crippen LogP contribution in [-0.4, -0.2) is 51.7 Å². The van der Waals surface area contributed by atoms with Crippen LogP contribution in [0.25, 0.3) is 0 Å². The van der Waals surface area contributed by atoms with Crippen LogP contribution >= 0.6 is 0 Å². The number of carbonyl (C=O) groups excluding carboxylic acids is 1. The summed E-state index contributed by atoms with van der Waals surface area (Å²) in [6.45, 7) is 2.04. The Morgan fingerprint density at radius 3 is 2.46 bits per heavy atom. The second-order valence-corrected chi connectivity index (χ2v) is 8.02. The van der Waals surface area contributed by atoms with Gasteiger partial charge in [0.1, 0.15) is 12.3 Å². The molecule has 0 aromatic heterocycles. The summed E-state index contributed by atoms with van der Waals surface area (Å²) in [7, 11) is -1.85. The molecule has 7 heteroatoms. The zero-order valence-electron chi connectivity index (χ0n) is 14.6. The number of hydrogen-bond donors (Lipinski definition) is 0. The fourth-order valence-electron chi connectivity index (χ4n) is 3.05. The third-order valence-electron chi connectivity index (χ3n) is 4.38. The number of rotatable bonds is 7. The zero-order valence-corrected chi connectivity index (χ0v) is 15.4. The van der Waals surface area contributed by atoms with Gasteiger partial charge in [-0.2, -0.15) is 0 Å². The number of anilines is 1. The second-order valence-electron chi connectivity index (χ2n) is 6.11. The lowest BCUT2D eigenvalue weighted by molar-refractivity contribution is -0.130. The van der Waals surface area contributed by atoms with Crippen molar-refractivity contribution in [3.05, 3.63) is 24.3 Å². The van der Waals surface area contributed by atoms with Crippen LogP contribution in [0, 0.1) is 0 Å². The number of carbonyl (C=O) groups is 1. The first kappa shape index (κ1) is 18.6. The normalized spacial score (nSPS) is 15.3. The third-order valence-corrected chi connectivity index (χ3v) is 5.51. The highest BCUT2D eigenvalue weighted by Crippen LogP contribution is 2.30. The Morgan fingerprint density at radius 1 is 1.25 bits per heavy atom. The number of ether oxygens (including phenoxy) is 1. The summed E-state index contributed by atoms with van der Waals surface area (Å²) < 4.78 is 31.2. The lowest BCUT2D eigenvalue weighted by Gasteiger charge is -2.29. The second kappa shape index (κ2) is 7.88. The third kappa shape index (κ3) is 4.41. The smallest absolute Gasteiger partial charge is 0.243 e. The van der Waals surface area contributed by atoms with E-state index in [4.69, 9.17) is 4.74 Å². The maximum atomic E-state index is 12.6. The first-order valence-electron chi connectivity index (χ1n) is 8.29. The predicted molar refractivity (Wildman–Crippen MR) is 94.8 cm³/mol. The molecule has 0 radical (unpaired) electrons. The molecule has 0 spiro atoms. The first-order chi connectivity index (χ1) is 11.3. The summed E-state index contributed by atoms with van der Waals surface area (Å²) in [5.41, 5.74) is 0.398. The van der Waals surface area contributed by atoms with Crippen LogP contribution in [0.1, 0.15) is 32.6 Å². The minimum Gasteiger partial charge on any atom is -0.492 e. The topological polar surface area (TPSA) is 66.9 Å². The number of likely N-dealkylation sites (N-methyl/N-ethyl adjacent to an activating group) is 1. The molecule has 1 aromatic rings. The molecule has 1 aromatic carbocycles. The highest BCUT2D eigenvalue weighted by Gasteiger charge is 2.28. The average molecular weight is 354 g/mol. The largest absolute Gasteiger partial charge is 0.492 e. The van der Waals surface area contributed by atoms with Gasteiger partial charge in [-0.1, -0.05) is 25.0 Å². The quantitative estimate of drug-likeness (QED) is 0.753. The molecular formula is C17H26N2O4S. The van der Waals surface area contributed by atoms with Gasteiger partial charge in [0, 0.05) is 13.1 Å². The fourth-order valence-corrected chi connectivity index (χ4v) is 3.90. The van der Waals surface area contributed by atoms with Crippen LogP contribution in [0.5, 0.6) is 5.75 Å². The van der Waals surface area contributed by atoms with E-state index in [1.165, 1.54) is 0 Å². The van der Waals surface area contributed by atoms with E-state index in [0.717, 1.165) is 36.2 Å². The monoisotopic (exact) mass is 354 g/mol. The summed E-state index contributed by atoms with van der Waals surface area (Å²) in [4.78, 5) is 14.3. The molecule has 1 aliphatic rings. The summed E-state index contributed by atoms with van der Waals surface area (Å²) in [5.74, 6) is 0.264. The Labute approximate surface area is 144 Å². The molecule has 0 saturated heterocycles. The first-order valence-corrected chi connectivity index (χ1v) is 10.1. The van der Waals surface area contributed by atoms with Crippen LogP contribution in [0.2, 0.25) is 0 Å². The van der Waals surface area contributed by atoms with Gasteiger partial charge in [0.15, 0.2) is 0 Å². The molecule has 0 unspecified atom stereocenters. The van der Waals surface area contributed by atoms with Crippen molar-refractivity contribution in [3.63, 3.8) is 0 Å². The van der Waals surface area contributed by atoms with Crippen LogP contribution in [-0.2, 0) is 14.8 Å². The van der Waals surface area contributed by atoms with Crippen molar-refractivity contribution < 1.29 is 17.9 Å². The van der Waals surface area contributed by atoms with Gasteiger partial charge in [0.2, 0.25) is 15.9 Å². The van der Waals surface area contributed by atoms with Gasteiger partial charge in [-0.3, -0.25) is 9.10 Å². The van der Waals surface area contributed by atoms with E-state index in [-0.39, 0.29) is 18.5 Å². The Bertz CT molecular complexity index is 669. The van der Waals surface area contributed by atoms with Crippen LogP contribution in [0.4, 0.5) is 5.69 Å². The van der Waals surface area contributed by atoms with E-state index in [1.807, 2.05) is 6.92 Å². The standard InChI is InChI=1S/C17H26N2O4S/c1-4-23-16-12-8-7-11-15(16)19(24(3,21)22)13-17(20)18(2)14-9-5-6-10-14/h7-8,11-12,14H,4-6,9-10,13H2,1-3H3. The maximum Gasteiger partial charge on any atom is 0.243 e. The number of amides is 1. The molecule has 2 rings (SSSR count). The number of nitrogens with zero attached hydrogens (tertiary/aromatic N) is 2. The minimum absolute atomic E-state index is 0.196. The van der Waals surface area contributed by atoms with Crippen LogP contribution in [0.15, 0.2) is 24.3 Å². The summed E-state index contributed by atoms with van der Waals surface area (Å²) >= 11 is 0. The molecule has 134 valence electrons. The molecule has 1 saturated carbocycles. The maximum absolute atomic E-state index is 12.6. The van der Waals surface area contributed by atoms with Gasteiger partial charge in [-0.05, 0) is 31.9 Å². The summed E-state index contributed by atoms with van der Waals surface area (Å²) in [6.07, 6.45) is 5.31. The molecule has 0 atom stereocenters. The van der Waals surface area contributed by atoms with Crippen molar-refractivity contribution in [2.45, 2.75) is 38.6 Å². The Morgan fingerprint density at radius 2 is 1.88 bits per heavy atom. The van der Waals surface area contributed by atoms with Gasteiger partial charge >= 0.3 is 0 Å². The summed E-state index contributed by atoms with van der Waals surface area (Å²) in [6, 6.07) is 7.10. The van der Waals surface area contributed by atoms with Gasteiger partial charge in [0.05, 0.1) is 18.6 Å². The predicted octanol–water partition coefficient (Wildman–Crippen LogP) is 2.25. The molecule has 0 bridgehead atoms. The number of benzene rings is 1. The van der Waals surface area contributed by atoms with E-state index >= 15 is 0 Å². The van der Waals surface area contributed by atoms with Crippen molar-refractivity contribution in [1.82, 2.24) is 4.90 Å². The Kier molecular flexibility index (Phi) is 6.10. The molecule has 0 aliphatic heterocycles. The Balaban J connectivity index is 2.25. The number of para-hydroxylation sites is 2. The van der Waals surface area contributed by atoms with Gasteiger partial charge in [-0.15, -0.1) is 0 Å². The van der Waals surface area contributed by atoms with Crippen molar-refractivity contribution >= 4 is 21.6 Å². The minimum atomic E-state index is -3.61. The molecular weight excluding hydrogens is 328 g/mol. The average Bonchev–Trinajstić information content (AvgIpc) is 3.06. The van der Waals surface area contributed by atoms with E-state index < -0.39 is 10.0 Å². The molecule has 6 nitrogen and oxygen atoms in total. The van der Waals surface area contributed by atoms with E-state index in [2.05, 4.69) is 0 Å². The molecule has 1 fully saturated rings. The van der Waals surface area contributed by atoms with Crippen molar-refractivity contribution in [1.29, 1.82) is 0 Å². The van der Waals surface area contributed by atoms with Crippen LogP contribution in [0.3, 0.4) is 0 Å². The van der Waals surface area contributed by atoms with Gasteiger partial charge in [0.25, 0.3) is 0 Å². The highest BCUT2D eigenvalue weighted by atomic mass is 32.2. The highest BCUT2D eigenvalue weighted by molar-refractivity contribution is 7.92. The fraction of sp³-hybridized carbons (Fsp3) is 0.588. The lowest BCUT2D eigenvalue weighted by atomic mass is 10.2. The summed E-state index contributed by atoms with van der Waals surface area (Å²) in [5, 5.41) is 0. The van der Waals surface area contributed by atoms with Crippen LogP contribution < -0.4 is 9.04 Å². The van der Waals surface area contributed by atoms with Crippen molar-refractivity contribution in [3.8, 4) is 5.75 Å².